The lowest BCUT2D eigenvalue weighted by atomic mass is 9.92. The molecular formula is C37H32FN7O3S. The normalized spacial score (nSPS) is 17.8. The summed E-state index contributed by atoms with van der Waals surface area (Å²) in [6, 6.07) is 16.7. The van der Waals surface area contributed by atoms with Crippen LogP contribution in [0.15, 0.2) is 65.6 Å². The second-order valence-electron chi connectivity index (χ2n) is 12.8. The number of carbonyl (C=O) groups is 1. The van der Waals surface area contributed by atoms with Gasteiger partial charge in [0.05, 0.1) is 46.4 Å². The van der Waals surface area contributed by atoms with E-state index in [1.165, 1.54) is 23.3 Å². The molecule has 2 atom stereocenters. The van der Waals surface area contributed by atoms with Crippen LogP contribution in [0.2, 0.25) is 0 Å². The van der Waals surface area contributed by atoms with Crippen LogP contribution in [0.1, 0.15) is 69.8 Å². The molecule has 9 rings (SSSR count). The predicted molar refractivity (Wildman–Crippen MR) is 186 cm³/mol. The van der Waals surface area contributed by atoms with Gasteiger partial charge in [0.2, 0.25) is 0 Å². The molecule has 0 bridgehead atoms. The standard InChI is InChI=1S/C37H32FN7O3S/c1-48-27-6-2-4-22-23(27)12-14-24(22)41-35-33-20(15-16-39-35)18-28(49-33)30-29(34-42-37(47)44-43-34)25(13-9-19-7-10-21(38)11-8-19)40-32-26-5-3-17-45(26)36(46)31(30)32/h2,4,6-8,10-11,15-16,18,24,26H,3,5,9,12-14,17H2,1H3,(H,39,41)(H2,42,43,44,47)/t24-,26-/m1/s1. The minimum Gasteiger partial charge on any atom is -0.496 e. The van der Waals surface area contributed by atoms with Gasteiger partial charge in [-0.1, -0.05) is 24.3 Å². The van der Waals surface area contributed by atoms with Crippen LogP contribution in [-0.2, 0) is 19.3 Å². The molecule has 1 aliphatic carbocycles. The van der Waals surface area contributed by atoms with E-state index < -0.39 is 5.69 Å². The van der Waals surface area contributed by atoms with Crippen LogP contribution in [0, 0.1) is 5.82 Å². The zero-order valence-corrected chi connectivity index (χ0v) is 27.5. The summed E-state index contributed by atoms with van der Waals surface area (Å²) in [5.41, 5.74) is 6.37. The largest absolute Gasteiger partial charge is 0.496 e. The minimum atomic E-state index is -0.446. The van der Waals surface area contributed by atoms with Crippen LogP contribution in [0.4, 0.5) is 10.2 Å². The lowest BCUT2D eigenvalue weighted by Crippen LogP contribution is -2.22. The maximum Gasteiger partial charge on any atom is 0.340 e. The van der Waals surface area contributed by atoms with E-state index in [1.54, 1.807) is 36.8 Å². The maximum absolute atomic E-state index is 14.2. The molecule has 6 aromatic rings. The Morgan fingerprint density at radius 3 is 2.76 bits per heavy atom. The van der Waals surface area contributed by atoms with Crippen LogP contribution in [0.25, 0.3) is 31.9 Å². The molecule has 2 aromatic carbocycles. The summed E-state index contributed by atoms with van der Waals surface area (Å²) in [5.74, 6) is 1.67. The summed E-state index contributed by atoms with van der Waals surface area (Å²) in [6.07, 6.45) is 6.50. The number of ether oxygens (including phenoxy) is 1. The highest BCUT2D eigenvalue weighted by atomic mass is 32.1. The second kappa shape index (κ2) is 11.7. The van der Waals surface area contributed by atoms with Crippen LogP contribution in [0.5, 0.6) is 5.75 Å². The van der Waals surface area contributed by atoms with E-state index in [9.17, 15) is 14.0 Å². The average molecular weight is 674 g/mol. The lowest BCUT2D eigenvalue weighted by molar-refractivity contribution is 0.0776. The number of nitrogens with zero attached hydrogens (tertiary/aromatic N) is 4. The van der Waals surface area contributed by atoms with E-state index >= 15 is 0 Å². The van der Waals surface area contributed by atoms with Crippen molar-refractivity contribution in [1.82, 2.24) is 30.0 Å². The molecule has 1 fully saturated rings. The number of pyridine rings is 2. The number of rotatable bonds is 8. The minimum absolute atomic E-state index is 0.0466. The fourth-order valence-electron chi connectivity index (χ4n) is 7.85. The number of anilines is 1. The molecule has 12 heteroatoms. The third-order valence-electron chi connectivity index (χ3n) is 10.1. The van der Waals surface area contributed by atoms with E-state index in [0.29, 0.717) is 36.3 Å². The summed E-state index contributed by atoms with van der Waals surface area (Å²) < 4.78 is 20.3. The number of methoxy groups -OCH3 is 1. The average Bonchev–Trinajstić information content (AvgIpc) is 3.95. The van der Waals surface area contributed by atoms with Crippen molar-refractivity contribution in [2.24, 2.45) is 0 Å². The summed E-state index contributed by atoms with van der Waals surface area (Å²) in [4.78, 5) is 42.2. The summed E-state index contributed by atoms with van der Waals surface area (Å²) >= 11 is 1.57. The van der Waals surface area contributed by atoms with Gasteiger partial charge in [0.15, 0.2) is 5.82 Å². The molecule has 246 valence electrons. The van der Waals surface area contributed by atoms with Crippen LogP contribution in [0.3, 0.4) is 0 Å². The number of hydrogen-bond acceptors (Lipinski definition) is 8. The van der Waals surface area contributed by atoms with Crippen molar-refractivity contribution >= 4 is 33.1 Å². The van der Waals surface area contributed by atoms with Crippen molar-refractivity contribution in [3.63, 3.8) is 0 Å². The number of thiophene rings is 1. The molecule has 10 nitrogen and oxygen atoms in total. The lowest BCUT2D eigenvalue weighted by Gasteiger charge is -2.17. The fourth-order valence-corrected chi connectivity index (χ4v) is 9.02. The van der Waals surface area contributed by atoms with Gasteiger partial charge in [-0.25, -0.2) is 19.3 Å². The van der Waals surface area contributed by atoms with Gasteiger partial charge in [-0.05, 0) is 90.9 Å². The molecule has 6 heterocycles. The first-order valence-corrected chi connectivity index (χ1v) is 17.4. The zero-order valence-electron chi connectivity index (χ0n) is 26.7. The topological polar surface area (TPSA) is 129 Å². The zero-order chi connectivity index (χ0) is 33.2. The Labute approximate surface area is 284 Å². The van der Waals surface area contributed by atoms with Gasteiger partial charge in [0.1, 0.15) is 17.4 Å². The quantitative estimate of drug-likeness (QED) is 0.163. The number of fused-ring (bicyclic) bond motifs is 5. The number of aromatic amines is 2. The first kappa shape index (κ1) is 29.8. The maximum atomic E-state index is 14.2. The third-order valence-corrected chi connectivity index (χ3v) is 11.3. The van der Waals surface area contributed by atoms with E-state index in [2.05, 4.69) is 32.6 Å². The number of nitrogens with one attached hydrogen (secondary N) is 3. The molecule has 3 N–H and O–H groups in total. The molecule has 4 aromatic heterocycles. The molecule has 1 amide bonds. The first-order valence-electron chi connectivity index (χ1n) is 16.6. The van der Waals surface area contributed by atoms with Crippen molar-refractivity contribution in [2.75, 3.05) is 19.0 Å². The molecule has 49 heavy (non-hydrogen) atoms. The number of carbonyl (C=O) groups excluding carboxylic acids is 1. The van der Waals surface area contributed by atoms with Crippen molar-refractivity contribution in [3.8, 4) is 27.6 Å². The Morgan fingerprint density at radius 2 is 1.94 bits per heavy atom. The highest BCUT2D eigenvalue weighted by Gasteiger charge is 2.44. The summed E-state index contributed by atoms with van der Waals surface area (Å²) in [6.45, 7) is 0.677. The molecule has 0 radical (unpaired) electrons. The Morgan fingerprint density at radius 1 is 1.06 bits per heavy atom. The fraction of sp³-hybridized carbons (Fsp3) is 0.270. The van der Waals surface area contributed by atoms with Crippen LogP contribution in [-0.4, -0.2) is 49.6 Å². The number of halogens is 1. The molecule has 2 aliphatic heterocycles. The van der Waals surface area contributed by atoms with Gasteiger partial charge in [-0.3, -0.25) is 14.8 Å². The summed E-state index contributed by atoms with van der Waals surface area (Å²) in [5, 5.41) is 11.6. The number of amides is 1. The molecular weight excluding hydrogens is 642 g/mol. The Kier molecular flexibility index (Phi) is 7.08. The molecule has 0 saturated carbocycles. The van der Waals surface area contributed by atoms with Gasteiger partial charge >= 0.3 is 5.69 Å². The Hall–Kier alpha value is -5.36. The number of benzene rings is 2. The number of aryl methyl sites for hydroxylation is 2. The van der Waals surface area contributed by atoms with Gasteiger partial charge in [-0.15, -0.1) is 11.3 Å². The van der Waals surface area contributed by atoms with Gasteiger partial charge in [0, 0.05) is 23.2 Å². The van der Waals surface area contributed by atoms with Crippen LogP contribution < -0.4 is 15.7 Å². The van der Waals surface area contributed by atoms with Gasteiger partial charge in [0.25, 0.3) is 5.91 Å². The third kappa shape index (κ3) is 4.92. The molecule has 0 unspecified atom stereocenters. The van der Waals surface area contributed by atoms with Gasteiger partial charge < -0.3 is 15.0 Å². The monoisotopic (exact) mass is 673 g/mol. The Balaban J connectivity index is 1.20. The number of aromatic nitrogens is 5. The molecule has 3 aliphatic rings. The van der Waals surface area contributed by atoms with Crippen LogP contribution >= 0.6 is 11.3 Å². The Bertz CT molecular complexity index is 2330. The van der Waals surface area contributed by atoms with E-state index in [1.807, 2.05) is 23.1 Å². The van der Waals surface area contributed by atoms with E-state index in [0.717, 1.165) is 74.7 Å². The van der Waals surface area contributed by atoms with Crippen molar-refractivity contribution in [1.29, 1.82) is 0 Å². The highest BCUT2D eigenvalue weighted by Crippen LogP contribution is 2.50. The molecule has 1 saturated heterocycles. The SMILES string of the molecule is COc1cccc2c1CC[C@H]2Nc1nccc2cc(-c3c4c(nc(CCc5ccc(F)cc5)c3-c3n[nH]c(=O)[nH]3)[C@H]3CCCN3C4=O)sc12. The van der Waals surface area contributed by atoms with E-state index in [-0.39, 0.29) is 23.8 Å². The first-order chi connectivity index (χ1) is 24.0. The predicted octanol–water partition coefficient (Wildman–Crippen LogP) is 6.76. The number of H-pyrrole nitrogens is 2. The van der Waals surface area contributed by atoms with Crippen molar-refractivity contribution in [3.05, 3.63) is 111 Å². The number of hydrogen-bond donors (Lipinski definition) is 3. The second-order valence-corrected chi connectivity index (χ2v) is 13.9. The van der Waals surface area contributed by atoms with Crippen molar-refractivity contribution in [2.45, 2.75) is 50.6 Å². The summed E-state index contributed by atoms with van der Waals surface area (Å²) in [7, 11) is 1.71. The smallest absolute Gasteiger partial charge is 0.340 e. The highest BCUT2D eigenvalue weighted by molar-refractivity contribution is 7.23. The van der Waals surface area contributed by atoms with Crippen molar-refractivity contribution < 1.29 is 13.9 Å². The molecule has 0 spiro atoms. The van der Waals surface area contributed by atoms with E-state index in [4.69, 9.17) is 14.7 Å². The van der Waals surface area contributed by atoms with Gasteiger partial charge in [-0.2, -0.15) is 5.10 Å².